The highest BCUT2D eigenvalue weighted by atomic mass is 16.5. The molecule has 3 aromatic rings. The number of hydrogen-bond acceptors (Lipinski definition) is 4. The van der Waals surface area contributed by atoms with Crippen LogP contribution in [0.1, 0.15) is 43.5 Å². The summed E-state index contributed by atoms with van der Waals surface area (Å²) in [5, 5.41) is 8.46. The molecule has 0 spiro atoms. The molecule has 4 rings (SSSR count). The number of nitrogens with one attached hydrogen (secondary N) is 2. The third kappa shape index (κ3) is 4.11. The number of carbonyl (C=O) groups excluding carboxylic acids is 1. The van der Waals surface area contributed by atoms with E-state index in [-0.39, 0.29) is 11.9 Å². The van der Waals surface area contributed by atoms with Crippen molar-refractivity contribution in [2.45, 2.75) is 39.2 Å². The van der Waals surface area contributed by atoms with Crippen molar-refractivity contribution in [1.29, 1.82) is 0 Å². The fraction of sp³-hybridized carbons (Fsp3) is 0.360. The van der Waals surface area contributed by atoms with Gasteiger partial charge in [0.2, 0.25) is 0 Å². The van der Waals surface area contributed by atoms with E-state index in [1.165, 1.54) is 12.8 Å². The van der Waals surface area contributed by atoms with Gasteiger partial charge in [0.05, 0.1) is 12.7 Å². The molecule has 0 saturated heterocycles. The lowest BCUT2D eigenvalue weighted by atomic mass is 9.78. The van der Waals surface area contributed by atoms with Crippen LogP contribution in [0.15, 0.2) is 54.7 Å². The SMILES string of the molecule is COc1ccc(Nc2ncc(C(=O)N[C@H]3CCC[C@H](C)[C@H]3C)c3ccccc23)cc1. The van der Waals surface area contributed by atoms with Gasteiger partial charge in [0.25, 0.3) is 5.91 Å². The molecule has 2 N–H and O–H groups in total. The first-order valence-electron chi connectivity index (χ1n) is 10.7. The van der Waals surface area contributed by atoms with E-state index in [2.05, 4.69) is 29.5 Å². The normalized spacial score (nSPS) is 21.2. The summed E-state index contributed by atoms with van der Waals surface area (Å²) in [6, 6.07) is 15.8. The van der Waals surface area contributed by atoms with Crippen LogP contribution in [0.5, 0.6) is 5.75 Å². The van der Waals surface area contributed by atoms with E-state index in [1.54, 1.807) is 13.3 Å². The van der Waals surface area contributed by atoms with Crippen molar-refractivity contribution in [2.75, 3.05) is 12.4 Å². The Hall–Kier alpha value is -3.08. The van der Waals surface area contributed by atoms with Crippen molar-refractivity contribution in [2.24, 2.45) is 11.8 Å². The number of rotatable bonds is 5. The van der Waals surface area contributed by atoms with Gasteiger partial charge in [-0.15, -0.1) is 0 Å². The fourth-order valence-corrected chi connectivity index (χ4v) is 4.32. The van der Waals surface area contributed by atoms with Crippen LogP contribution in [0.25, 0.3) is 10.8 Å². The number of benzene rings is 2. The van der Waals surface area contributed by atoms with Gasteiger partial charge >= 0.3 is 0 Å². The van der Waals surface area contributed by atoms with Crippen molar-refractivity contribution >= 4 is 28.2 Å². The summed E-state index contributed by atoms with van der Waals surface area (Å²) in [5.74, 6) is 2.61. The molecule has 1 aromatic heterocycles. The highest BCUT2D eigenvalue weighted by Gasteiger charge is 2.28. The van der Waals surface area contributed by atoms with Gasteiger partial charge in [0.1, 0.15) is 11.6 Å². The molecule has 1 heterocycles. The van der Waals surface area contributed by atoms with E-state index in [1.807, 2.05) is 48.5 Å². The number of aromatic nitrogens is 1. The minimum atomic E-state index is -0.0411. The van der Waals surface area contributed by atoms with Crippen molar-refractivity contribution in [3.05, 3.63) is 60.3 Å². The van der Waals surface area contributed by atoms with Crippen LogP contribution in [0, 0.1) is 11.8 Å². The van der Waals surface area contributed by atoms with Crippen molar-refractivity contribution < 1.29 is 9.53 Å². The number of anilines is 2. The first-order valence-corrected chi connectivity index (χ1v) is 10.7. The Morgan fingerprint density at radius 3 is 2.50 bits per heavy atom. The molecule has 3 atom stereocenters. The van der Waals surface area contributed by atoms with Gasteiger partial charge in [-0.2, -0.15) is 0 Å². The van der Waals surface area contributed by atoms with Gasteiger partial charge < -0.3 is 15.4 Å². The average Bonchev–Trinajstić information content (AvgIpc) is 2.77. The predicted molar refractivity (Wildman–Crippen MR) is 121 cm³/mol. The van der Waals surface area contributed by atoms with Gasteiger partial charge in [0.15, 0.2) is 0 Å². The van der Waals surface area contributed by atoms with E-state index in [4.69, 9.17) is 4.74 Å². The maximum atomic E-state index is 13.1. The van der Waals surface area contributed by atoms with Crippen LogP contribution >= 0.6 is 0 Å². The molecule has 1 saturated carbocycles. The Kier molecular flexibility index (Phi) is 5.88. The summed E-state index contributed by atoms with van der Waals surface area (Å²) in [5.41, 5.74) is 1.53. The van der Waals surface area contributed by atoms with Crippen molar-refractivity contribution in [3.8, 4) is 5.75 Å². The van der Waals surface area contributed by atoms with Crippen LogP contribution in [-0.4, -0.2) is 24.0 Å². The monoisotopic (exact) mass is 403 g/mol. The average molecular weight is 404 g/mol. The van der Waals surface area contributed by atoms with Crippen LogP contribution in [0.4, 0.5) is 11.5 Å². The van der Waals surface area contributed by atoms with Crippen LogP contribution in [0.2, 0.25) is 0 Å². The molecule has 2 aromatic carbocycles. The zero-order valence-corrected chi connectivity index (χ0v) is 17.8. The summed E-state index contributed by atoms with van der Waals surface area (Å²) in [4.78, 5) is 17.7. The number of nitrogens with zero attached hydrogens (tertiary/aromatic N) is 1. The summed E-state index contributed by atoms with van der Waals surface area (Å²) >= 11 is 0. The van der Waals surface area contributed by atoms with Gasteiger partial charge in [-0.25, -0.2) is 4.98 Å². The van der Waals surface area contributed by atoms with E-state index in [0.717, 1.165) is 34.4 Å². The molecule has 0 aliphatic heterocycles. The summed E-state index contributed by atoms with van der Waals surface area (Å²) in [6.07, 6.45) is 5.13. The molecule has 156 valence electrons. The topological polar surface area (TPSA) is 63.2 Å². The maximum Gasteiger partial charge on any atom is 0.253 e. The van der Waals surface area contributed by atoms with E-state index in [0.29, 0.717) is 17.4 Å². The number of carbonyl (C=O) groups is 1. The molecule has 1 aliphatic rings. The Balaban J connectivity index is 1.60. The minimum absolute atomic E-state index is 0.0411. The minimum Gasteiger partial charge on any atom is -0.497 e. The van der Waals surface area contributed by atoms with E-state index in [9.17, 15) is 4.79 Å². The molecule has 1 amide bonds. The van der Waals surface area contributed by atoms with Gasteiger partial charge in [0, 0.05) is 23.3 Å². The molecule has 0 unspecified atom stereocenters. The number of hydrogen-bond donors (Lipinski definition) is 2. The van der Waals surface area contributed by atoms with Crippen molar-refractivity contribution in [1.82, 2.24) is 10.3 Å². The molecule has 5 heteroatoms. The Labute approximate surface area is 177 Å². The molecule has 30 heavy (non-hydrogen) atoms. The number of fused-ring (bicyclic) bond motifs is 1. The molecule has 1 fully saturated rings. The summed E-state index contributed by atoms with van der Waals surface area (Å²) < 4.78 is 5.22. The number of ether oxygens (including phenoxy) is 1. The second-order valence-electron chi connectivity index (χ2n) is 8.27. The maximum absolute atomic E-state index is 13.1. The number of amides is 1. The molecule has 1 aliphatic carbocycles. The second kappa shape index (κ2) is 8.74. The molecule has 0 radical (unpaired) electrons. The van der Waals surface area contributed by atoms with Crippen LogP contribution in [-0.2, 0) is 0 Å². The van der Waals surface area contributed by atoms with Gasteiger partial charge in [-0.1, -0.05) is 51.0 Å². The molecule has 0 bridgehead atoms. The smallest absolute Gasteiger partial charge is 0.253 e. The van der Waals surface area contributed by atoms with E-state index < -0.39 is 0 Å². The lowest BCUT2D eigenvalue weighted by Crippen LogP contribution is -2.43. The molecular formula is C25H29N3O2. The highest BCUT2D eigenvalue weighted by Crippen LogP contribution is 2.31. The Morgan fingerprint density at radius 2 is 1.77 bits per heavy atom. The molecule has 5 nitrogen and oxygen atoms in total. The third-order valence-electron chi connectivity index (χ3n) is 6.42. The molecular weight excluding hydrogens is 374 g/mol. The Bertz CT molecular complexity index is 1030. The number of pyridine rings is 1. The standard InChI is InChI=1S/C25H29N3O2/c1-16-7-6-10-23(17(16)2)28-25(29)22-15-26-24(21-9-5-4-8-20(21)22)27-18-11-13-19(30-3)14-12-18/h4-5,8-9,11-17,23H,6-7,10H2,1-3H3,(H,26,27)(H,28,29)/t16-,17+,23-/m0/s1. The first kappa shape index (κ1) is 20.2. The van der Waals surface area contributed by atoms with Crippen LogP contribution < -0.4 is 15.4 Å². The van der Waals surface area contributed by atoms with Crippen molar-refractivity contribution in [3.63, 3.8) is 0 Å². The predicted octanol–water partition coefficient (Wildman–Crippen LogP) is 5.54. The summed E-state index contributed by atoms with van der Waals surface area (Å²) in [6.45, 7) is 4.52. The first-order chi connectivity index (χ1) is 14.6. The lowest BCUT2D eigenvalue weighted by molar-refractivity contribution is 0.0892. The quantitative estimate of drug-likeness (QED) is 0.587. The number of methoxy groups -OCH3 is 1. The third-order valence-corrected chi connectivity index (χ3v) is 6.42. The zero-order chi connectivity index (χ0) is 21.1. The van der Waals surface area contributed by atoms with Gasteiger partial charge in [-0.3, -0.25) is 4.79 Å². The second-order valence-corrected chi connectivity index (χ2v) is 8.27. The zero-order valence-electron chi connectivity index (χ0n) is 17.8. The Morgan fingerprint density at radius 1 is 1.03 bits per heavy atom. The fourth-order valence-electron chi connectivity index (χ4n) is 4.32. The van der Waals surface area contributed by atoms with Crippen LogP contribution in [0.3, 0.4) is 0 Å². The largest absolute Gasteiger partial charge is 0.497 e. The summed E-state index contributed by atoms with van der Waals surface area (Å²) in [7, 11) is 1.65. The van der Waals surface area contributed by atoms with Gasteiger partial charge in [-0.05, 0) is 47.9 Å². The van der Waals surface area contributed by atoms with E-state index >= 15 is 0 Å². The highest BCUT2D eigenvalue weighted by molar-refractivity contribution is 6.09. The lowest BCUT2D eigenvalue weighted by Gasteiger charge is -2.34.